The molecule has 0 bridgehead atoms. The van der Waals surface area contributed by atoms with Gasteiger partial charge in [0.1, 0.15) is 0 Å². The molecule has 0 aromatic carbocycles. The van der Waals surface area contributed by atoms with Crippen LogP contribution >= 0.6 is 0 Å². The van der Waals surface area contributed by atoms with Crippen molar-refractivity contribution in [2.75, 3.05) is 18.5 Å². The molecule has 1 N–H and O–H groups in total. The first-order valence-corrected chi connectivity index (χ1v) is 8.13. The normalized spacial score (nSPS) is 10.6. The van der Waals surface area contributed by atoms with Crippen molar-refractivity contribution in [2.24, 2.45) is 0 Å². The van der Waals surface area contributed by atoms with Crippen LogP contribution in [0.4, 0.5) is 5.88 Å². The van der Waals surface area contributed by atoms with Gasteiger partial charge in [0.25, 0.3) is 0 Å². The number of aromatic nitrogens is 1. The molecule has 5 heteroatoms. The summed E-state index contributed by atoms with van der Waals surface area (Å²) < 4.78 is 10.7. The molecule has 0 saturated heterocycles. The molecule has 0 atom stereocenters. The van der Waals surface area contributed by atoms with E-state index in [0.717, 1.165) is 51.5 Å². The van der Waals surface area contributed by atoms with Crippen LogP contribution in [0.5, 0.6) is 0 Å². The molecular formula is C16H28N2O3. The van der Waals surface area contributed by atoms with Gasteiger partial charge in [0.2, 0.25) is 11.6 Å². The maximum Gasteiger partial charge on any atom is 0.362 e. The number of oxazole rings is 1. The second kappa shape index (κ2) is 10.2. The summed E-state index contributed by atoms with van der Waals surface area (Å²) in [6.45, 7) is 7.22. The lowest BCUT2D eigenvalue weighted by atomic mass is 10.2. The Morgan fingerprint density at radius 2 is 1.86 bits per heavy atom. The zero-order valence-corrected chi connectivity index (χ0v) is 13.5. The molecule has 1 rings (SSSR count). The molecule has 0 spiro atoms. The Bertz CT molecular complexity index is 416. The van der Waals surface area contributed by atoms with Gasteiger partial charge in [0.15, 0.2) is 5.89 Å². The number of hydrogen-bond donors (Lipinski definition) is 1. The third-order valence-electron chi connectivity index (χ3n) is 3.20. The summed E-state index contributed by atoms with van der Waals surface area (Å²) in [7, 11) is 0. The van der Waals surface area contributed by atoms with Crippen LogP contribution in [0.2, 0.25) is 0 Å². The number of unbranched alkanes of at least 4 members (excludes halogenated alkanes) is 4. The summed E-state index contributed by atoms with van der Waals surface area (Å²) in [5, 5.41) is 3.17. The average molecular weight is 296 g/mol. The molecule has 0 fully saturated rings. The van der Waals surface area contributed by atoms with E-state index in [0.29, 0.717) is 18.4 Å². The molecule has 1 aromatic rings. The van der Waals surface area contributed by atoms with Crippen molar-refractivity contribution in [2.45, 2.75) is 65.7 Å². The van der Waals surface area contributed by atoms with Gasteiger partial charge in [-0.2, -0.15) is 0 Å². The third kappa shape index (κ3) is 6.19. The Hall–Kier alpha value is -1.52. The molecule has 1 aromatic heterocycles. The Morgan fingerprint density at radius 1 is 1.14 bits per heavy atom. The number of aryl methyl sites for hydroxylation is 1. The highest BCUT2D eigenvalue weighted by molar-refractivity contribution is 5.92. The number of carbonyl (C=O) groups is 1. The number of carbonyl (C=O) groups excluding carboxylic acids is 1. The van der Waals surface area contributed by atoms with Gasteiger partial charge in [0, 0.05) is 13.0 Å². The minimum absolute atomic E-state index is 0.278. The lowest BCUT2D eigenvalue weighted by Gasteiger charge is -2.04. The van der Waals surface area contributed by atoms with Gasteiger partial charge >= 0.3 is 5.97 Å². The number of hydrogen-bond acceptors (Lipinski definition) is 5. The molecular weight excluding hydrogens is 268 g/mol. The molecule has 120 valence electrons. The number of ether oxygens (including phenoxy) is 1. The van der Waals surface area contributed by atoms with Crippen LogP contribution in [0.15, 0.2) is 4.42 Å². The Labute approximate surface area is 127 Å². The summed E-state index contributed by atoms with van der Waals surface area (Å²) in [5.74, 6) is 0.654. The van der Waals surface area contributed by atoms with E-state index in [1.165, 1.54) is 0 Å². The van der Waals surface area contributed by atoms with E-state index in [1.807, 2.05) is 0 Å². The maximum atomic E-state index is 11.9. The summed E-state index contributed by atoms with van der Waals surface area (Å²) in [5.41, 5.74) is 0.278. The summed E-state index contributed by atoms with van der Waals surface area (Å²) in [6, 6.07) is 0. The Morgan fingerprint density at radius 3 is 2.52 bits per heavy atom. The molecule has 0 radical (unpaired) electrons. The Balaban J connectivity index is 2.68. The van der Waals surface area contributed by atoms with Crippen LogP contribution < -0.4 is 5.32 Å². The number of rotatable bonds is 11. The van der Waals surface area contributed by atoms with Gasteiger partial charge in [-0.15, -0.1) is 0 Å². The number of anilines is 1. The van der Waals surface area contributed by atoms with Crippen molar-refractivity contribution < 1.29 is 13.9 Å². The van der Waals surface area contributed by atoms with Crippen molar-refractivity contribution >= 4 is 11.9 Å². The van der Waals surface area contributed by atoms with Crippen molar-refractivity contribution in [3.63, 3.8) is 0 Å². The van der Waals surface area contributed by atoms with Crippen molar-refractivity contribution in [1.82, 2.24) is 4.98 Å². The molecule has 0 saturated carbocycles. The second-order valence-corrected chi connectivity index (χ2v) is 5.10. The van der Waals surface area contributed by atoms with E-state index in [2.05, 4.69) is 24.1 Å². The van der Waals surface area contributed by atoms with Crippen LogP contribution in [0.3, 0.4) is 0 Å². The summed E-state index contributed by atoms with van der Waals surface area (Å²) in [6.07, 6.45) is 7.42. The fraction of sp³-hybridized carbons (Fsp3) is 0.750. The molecule has 1 heterocycles. The first kappa shape index (κ1) is 17.5. The van der Waals surface area contributed by atoms with Crippen LogP contribution in [-0.4, -0.2) is 24.1 Å². The predicted octanol–water partition coefficient (Wildman–Crippen LogP) is 4.19. The third-order valence-corrected chi connectivity index (χ3v) is 3.20. The van der Waals surface area contributed by atoms with E-state index in [-0.39, 0.29) is 5.69 Å². The van der Waals surface area contributed by atoms with E-state index in [1.54, 1.807) is 6.92 Å². The summed E-state index contributed by atoms with van der Waals surface area (Å²) >= 11 is 0. The molecule has 0 aliphatic rings. The van der Waals surface area contributed by atoms with Crippen molar-refractivity contribution in [1.29, 1.82) is 0 Å². The fourth-order valence-electron chi connectivity index (χ4n) is 2.03. The largest absolute Gasteiger partial charge is 0.461 e. The van der Waals surface area contributed by atoms with Gasteiger partial charge in [-0.3, -0.25) is 0 Å². The van der Waals surface area contributed by atoms with E-state index >= 15 is 0 Å². The van der Waals surface area contributed by atoms with E-state index in [4.69, 9.17) is 9.15 Å². The smallest absolute Gasteiger partial charge is 0.362 e. The molecule has 0 amide bonds. The second-order valence-electron chi connectivity index (χ2n) is 5.10. The first-order valence-electron chi connectivity index (χ1n) is 8.13. The lowest BCUT2D eigenvalue weighted by Crippen LogP contribution is -2.10. The van der Waals surface area contributed by atoms with Gasteiger partial charge in [-0.05, 0) is 19.8 Å². The number of nitrogens with one attached hydrogen (secondary N) is 1. The highest BCUT2D eigenvalue weighted by atomic mass is 16.5. The Kier molecular flexibility index (Phi) is 8.55. The zero-order chi connectivity index (χ0) is 15.5. The average Bonchev–Trinajstić information content (AvgIpc) is 2.87. The highest BCUT2D eigenvalue weighted by Gasteiger charge is 2.20. The molecule has 0 aliphatic heterocycles. The van der Waals surface area contributed by atoms with Gasteiger partial charge in [-0.1, -0.05) is 39.5 Å². The zero-order valence-electron chi connectivity index (χ0n) is 13.5. The van der Waals surface area contributed by atoms with Crippen LogP contribution in [0.25, 0.3) is 0 Å². The molecule has 5 nitrogen and oxygen atoms in total. The molecule has 21 heavy (non-hydrogen) atoms. The minimum Gasteiger partial charge on any atom is -0.461 e. The van der Waals surface area contributed by atoms with Crippen molar-refractivity contribution in [3.05, 3.63) is 11.6 Å². The predicted molar refractivity (Wildman–Crippen MR) is 83.7 cm³/mol. The van der Waals surface area contributed by atoms with Crippen molar-refractivity contribution in [3.8, 4) is 0 Å². The standard InChI is InChI=1S/C16H28N2O3/c1-4-7-9-11-13-18-14(16(19)20-6-3)15(21-13)17-12-10-8-5-2/h17H,4-12H2,1-3H3. The minimum atomic E-state index is -0.416. The van der Waals surface area contributed by atoms with E-state index in [9.17, 15) is 4.79 Å². The SMILES string of the molecule is CCCCCNc1oc(CCCCC)nc1C(=O)OCC. The topological polar surface area (TPSA) is 64.4 Å². The van der Waals surface area contributed by atoms with Crippen LogP contribution in [0, 0.1) is 0 Å². The molecule has 0 aliphatic carbocycles. The lowest BCUT2D eigenvalue weighted by molar-refractivity contribution is 0.0521. The van der Waals surface area contributed by atoms with E-state index < -0.39 is 5.97 Å². The quantitative estimate of drug-likeness (QED) is 0.490. The van der Waals surface area contributed by atoms with Crippen LogP contribution in [-0.2, 0) is 11.2 Å². The first-order chi connectivity index (χ1) is 10.2. The summed E-state index contributed by atoms with van der Waals surface area (Å²) in [4.78, 5) is 16.2. The number of esters is 1. The maximum absolute atomic E-state index is 11.9. The van der Waals surface area contributed by atoms with Gasteiger partial charge < -0.3 is 14.5 Å². The highest BCUT2D eigenvalue weighted by Crippen LogP contribution is 2.20. The monoisotopic (exact) mass is 296 g/mol. The van der Waals surface area contributed by atoms with Gasteiger partial charge in [0.05, 0.1) is 6.61 Å². The van der Waals surface area contributed by atoms with Crippen LogP contribution in [0.1, 0.15) is 75.7 Å². The van der Waals surface area contributed by atoms with Gasteiger partial charge in [-0.25, -0.2) is 9.78 Å². The fourth-order valence-corrected chi connectivity index (χ4v) is 2.03. The molecule has 0 unspecified atom stereocenters. The number of nitrogens with zero attached hydrogens (tertiary/aromatic N) is 1.